The van der Waals surface area contributed by atoms with Gasteiger partial charge >= 0.3 is 12.0 Å². The van der Waals surface area contributed by atoms with E-state index < -0.39 is 11.9 Å². The number of aliphatic carboxylic acids is 1. The molecule has 3 aliphatic rings. The minimum atomic E-state index is -0.810. The normalized spacial score (nSPS) is 37.5. The van der Waals surface area contributed by atoms with E-state index in [4.69, 9.17) is 9.84 Å². The molecule has 6 nitrogen and oxygen atoms in total. The molecular weight excluding hydrogens is 272 g/mol. The summed E-state index contributed by atoms with van der Waals surface area (Å²) in [5.41, 5.74) is -0.0489. The van der Waals surface area contributed by atoms with Crippen molar-refractivity contribution in [3.05, 3.63) is 0 Å². The number of rotatable bonds is 2. The van der Waals surface area contributed by atoms with E-state index in [-0.39, 0.29) is 23.6 Å². The summed E-state index contributed by atoms with van der Waals surface area (Å²) in [4.78, 5) is 25.0. The molecule has 4 unspecified atom stereocenters. The van der Waals surface area contributed by atoms with Gasteiger partial charge in [-0.15, -0.1) is 0 Å². The van der Waals surface area contributed by atoms with Crippen LogP contribution in [0.1, 0.15) is 33.1 Å². The van der Waals surface area contributed by atoms with Crippen LogP contribution >= 0.6 is 0 Å². The van der Waals surface area contributed by atoms with E-state index in [1.54, 1.807) is 4.90 Å². The molecule has 6 heteroatoms. The number of hydrogen-bond acceptors (Lipinski definition) is 3. The van der Waals surface area contributed by atoms with Gasteiger partial charge in [-0.1, -0.05) is 13.8 Å². The van der Waals surface area contributed by atoms with Crippen molar-refractivity contribution in [3.8, 4) is 0 Å². The first-order valence-electron chi connectivity index (χ1n) is 7.81. The molecule has 2 saturated heterocycles. The number of likely N-dealkylation sites (tertiary alicyclic amines) is 1. The highest BCUT2D eigenvalue weighted by Gasteiger charge is 2.58. The highest BCUT2D eigenvalue weighted by atomic mass is 16.5. The lowest BCUT2D eigenvalue weighted by Gasteiger charge is -2.59. The van der Waals surface area contributed by atoms with Crippen molar-refractivity contribution in [2.45, 2.75) is 45.3 Å². The molecule has 2 heterocycles. The van der Waals surface area contributed by atoms with Crippen LogP contribution in [0.2, 0.25) is 0 Å². The van der Waals surface area contributed by atoms with E-state index in [1.165, 1.54) is 0 Å². The van der Waals surface area contributed by atoms with E-state index in [0.717, 1.165) is 19.4 Å². The lowest BCUT2D eigenvalue weighted by Crippen LogP contribution is -2.70. The van der Waals surface area contributed by atoms with Crippen LogP contribution < -0.4 is 5.32 Å². The number of carbonyl (C=O) groups is 2. The Bertz CT molecular complexity index is 451. The standard InChI is InChI=1S/C15H24N2O4/c1-15(2)11(10-4-3-7-21-12(10)15)16-14(20)17-6-5-9(8-17)13(18)19/h9-12H,3-8H2,1-2H3,(H,16,20)(H,18,19). The third-order valence-electron chi connectivity index (χ3n) is 5.43. The van der Waals surface area contributed by atoms with Crippen LogP contribution in [0.15, 0.2) is 0 Å². The summed E-state index contributed by atoms with van der Waals surface area (Å²) >= 11 is 0. The Balaban J connectivity index is 1.59. The van der Waals surface area contributed by atoms with Gasteiger partial charge in [-0.3, -0.25) is 4.79 Å². The van der Waals surface area contributed by atoms with Crippen molar-refractivity contribution in [3.63, 3.8) is 0 Å². The maximum absolute atomic E-state index is 12.4. The summed E-state index contributed by atoms with van der Waals surface area (Å²) in [6.07, 6.45) is 2.93. The van der Waals surface area contributed by atoms with Gasteiger partial charge < -0.3 is 20.1 Å². The van der Waals surface area contributed by atoms with E-state index in [9.17, 15) is 9.59 Å². The van der Waals surface area contributed by atoms with Gasteiger partial charge in [0.25, 0.3) is 0 Å². The Hall–Kier alpha value is -1.30. The molecule has 4 atom stereocenters. The highest BCUT2D eigenvalue weighted by molar-refractivity contribution is 5.77. The molecular formula is C15H24N2O4. The van der Waals surface area contributed by atoms with E-state index in [0.29, 0.717) is 25.4 Å². The SMILES string of the molecule is CC1(C)C(NC(=O)N2CCC(C(=O)O)C2)C2CCCOC21. The summed E-state index contributed by atoms with van der Waals surface area (Å²) < 4.78 is 5.84. The van der Waals surface area contributed by atoms with Gasteiger partial charge in [-0.25, -0.2) is 4.79 Å². The highest BCUT2D eigenvalue weighted by Crippen LogP contribution is 2.51. The monoisotopic (exact) mass is 296 g/mol. The summed E-state index contributed by atoms with van der Waals surface area (Å²) in [7, 11) is 0. The molecule has 2 N–H and O–H groups in total. The van der Waals surface area contributed by atoms with Crippen LogP contribution in [0.25, 0.3) is 0 Å². The average Bonchev–Trinajstić information content (AvgIpc) is 2.94. The zero-order chi connectivity index (χ0) is 15.2. The molecule has 2 aliphatic heterocycles. The van der Waals surface area contributed by atoms with Gasteiger partial charge in [-0.05, 0) is 19.3 Å². The van der Waals surface area contributed by atoms with Gasteiger partial charge in [0, 0.05) is 37.1 Å². The number of nitrogens with zero attached hydrogens (tertiary/aromatic N) is 1. The van der Waals surface area contributed by atoms with Crippen LogP contribution in [0, 0.1) is 17.3 Å². The molecule has 3 rings (SSSR count). The maximum Gasteiger partial charge on any atom is 0.317 e. The zero-order valence-corrected chi connectivity index (χ0v) is 12.7. The molecule has 0 radical (unpaired) electrons. The molecule has 21 heavy (non-hydrogen) atoms. The number of carbonyl (C=O) groups excluding carboxylic acids is 1. The Labute approximate surface area is 124 Å². The summed E-state index contributed by atoms with van der Waals surface area (Å²) in [5.74, 6) is -0.832. The molecule has 0 aromatic rings. The third-order valence-corrected chi connectivity index (χ3v) is 5.43. The first-order chi connectivity index (χ1) is 9.91. The van der Waals surface area contributed by atoms with Crippen molar-refractivity contribution in [2.75, 3.05) is 19.7 Å². The molecule has 0 aromatic carbocycles. The van der Waals surface area contributed by atoms with Crippen molar-refractivity contribution < 1.29 is 19.4 Å². The number of ether oxygens (including phenoxy) is 1. The van der Waals surface area contributed by atoms with Gasteiger partial charge in [0.15, 0.2) is 0 Å². The lowest BCUT2D eigenvalue weighted by atomic mass is 9.55. The summed E-state index contributed by atoms with van der Waals surface area (Å²) in [6, 6.07) is 0.0000246. The smallest absolute Gasteiger partial charge is 0.317 e. The molecule has 0 spiro atoms. The number of fused-ring (bicyclic) bond motifs is 1. The second kappa shape index (κ2) is 5.16. The van der Waals surface area contributed by atoms with Gasteiger partial charge in [0.05, 0.1) is 12.0 Å². The zero-order valence-electron chi connectivity index (χ0n) is 12.7. The fraction of sp³-hybridized carbons (Fsp3) is 0.867. The predicted octanol–water partition coefficient (Wildman–Crippen LogP) is 1.31. The van der Waals surface area contributed by atoms with Crippen molar-refractivity contribution in [2.24, 2.45) is 17.3 Å². The fourth-order valence-corrected chi connectivity index (χ4v) is 4.19. The number of urea groups is 1. The Kier molecular flexibility index (Phi) is 3.59. The minimum Gasteiger partial charge on any atom is -0.481 e. The van der Waals surface area contributed by atoms with E-state index >= 15 is 0 Å². The number of amides is 2. The number of carboxylic acid groups (broad SMARTS) is 1. The number of carboxylic acids is 1. The van der Waals surface area contributed by atoms with Gasteiger partial charge in [-0.2, -0.15) is 0 Å². The van der Waals surface area contributed by atoms with Crippen LogP contribution in [0.3, 0.4) is 0 Å². The van der Waals surface area contributed by atoms with Crippen LogP contribution in [0.4, 0.5) is 4.79 Å². The summed E-state index contributed by atoms with van der Waals surface area (Å²) in [5, 5.41) is 12.1. The second-order valence-corrected chi connectivity index (χ2v) is 7.12. The molecule has 1 aliphatic carbocycles. The van der Waals surface area contributed by atoms with Crippen molar-refractivity contribution in [1.29, 1.82) is 0 Å². The van der Waals surface area contributed by atoms with Crippen LogP contribution in [-0.4, -0.2) is 53.8 Å². The van der Waals surface area contributed by atoms with Gasteiger partial charge in [0.1, 0.15) is 0 Å². The van der Waals surface area contributed by atoms with E-state index in [2.05, 4.69) is 19.2 Å². The predicted molar refractivity (Wildman–Crippen MR) is 75.9 cm³/mol. The molecule has 2 amide bonds. The quantitative estimate of drug-likeness (QED) is 0.805. The fourth-order valence-electron chi connectivity index (χ4n) is 4.19. The molecule has 0 bridgehead atoms. The van der Waals surface area contributed by atoms with Crippen molar-refractivity contribution >= 4 is 12.0 Å². The molecule has 1 saturated carbocycles. The topological polar surface area (TPSA) is 78.9 Å². The Morgan fingerprint density at radius 2 is 2.10 bits per heavy atom. The first-order valence-corrected chi connectivity index (χ1v) is 7.81. The number of nitrogens with one attached hydrogen (secondary N) is 1. The summed E-state index contributed by atoms with van der Waals surface area (Å²) in [6.45, 7) is 5.93. The average molecular weight is 296 g/mol. The maximum atomic E-state index is 12.4. The van der Waals surface area contributed by atoms with Gasteiger partial charge in [0.2, 0.25) is 0 Å². The Morgan fingerprint density at radius 1 is 1.33 bits per heavy atom. The lowest BCUT2D eigenvalue weighted by molar-refractivity contribution is -0.189. The largest absolute Gasteiger partial charge is 0.481 e. The third kappa shape index (κ3) is 2.39. The number of hydrogen-bond donors (Lipinski definition) is 2. The molecule has 118 valence electrons. The first kappa shape index (κ1) is 14.6. The van der Waals surface area contributed by atoms with Crippen molar-refractivity contribution in [1.82, 2.24) is 10.2 Å². The second-order valence-electron chi connectivity index (χ2n) is 7.12. The van der Waals surface area contributed by atoms with Crippen LogP contribution in [-0.2, 0) is 9.53 Å². The van der Waals surface area contributed by atoms with Crippen LogP contribution in [0.5, 0.6) is 0 Å². The molecule has 3 fully saturated rings. The molecule has 0 aromatic heterocycles. The van der Waals surface area contributed by atoms with E-state index in [1.807, 2.05) is 0 Å². The minimum absolute atomic E-state index is 0.0489. The Morgan fingerprint density at radius 3 is 2.76 bits per heavy atom.